The van der Waals surface area contributed by atoms with E-state index in [1.165, 1.54) is 0 Å². The third-order valence-corrected chi connectivity index (χ3v) is 5.84. The van der Waals surface area contributed by atoms with Gasteiger partial charge in [-0.3, -0.25) is 4.79 Å². The van der Waals surface area contributed by atoms with Crippen molar-refractivity contribution < 1.29 is 9.53 Å². The summed E-state index contributed by atoms with van der Waals surface area (Å²) in [5.74, 6) is 2.80. The predicted molar refractivity (Wildman–Crippen MR) is 130 cm³/mol. The number of aryl methyl sites for hydroxylation is 2. The lowest BCUT2D eigenvalue weighted by Gasteiger charge is -2.35. The number of amides is 1. The molecule has 1 aliphatic rings. The fourth-order valence-corrected chi connectivity index (χ4v) is 4.14. The van der Waals surface area contributed by atoms with Gasteiger partial charge in [0.2, 0.25) is 0 Å². The van der Waals surface area contributed by atoms with Gasteiger partial charge in [0, 0.05) is 37.9 Å². The Kier molecular flexibility index (Phi) is 5.95. The number of para-hydroxylation sites is 2. The third kappa shape index (κ3) is 4.47. The van der Waals surface area contributed by atoms with E-state index in [0.29, 0.717) is 43.2 Å². The molecule has 0 N–H and O–H groups in total. The first-order valence-electron chi connectivity index (χ1n) is 11.3. The Morgan fingerprint density at radius 1 is 0.853 bits per heavy atom. The molecule has 2 aromatic heterocycles. The lowest BCUT2D eigenvalue weighted by Crippen LogP contribution is -2.49. The third-order valence-electron chi connectivity index (χ3n) is 5.84. The molecule has 1 fully saturated rings. The van der Waals surface area contributed by atoms with Crippen molar-refractivity contribution in [3.8, 4) is 17.3 Å². The van der Waals surface area contributed by atoms with Crippen LogP contribution in [0.2, 0.25) is 0 Å². The van der Waals surface area contributed by atoms with Gasteiger partial charge in [-0.15, -0.1) is 0 Å². The van der Waals surface area contributed by atoms with Crippen molar-refractivity contribution in [1.82, 2.24) is 24.6 Å². The van der Waals surface area contributed by atoms with Gasteiger partial charge in [0.15, 0.2) is 5.82 Å². The van der Waals surface area contributed by atoms with E-state index in [0.717, 1.165) is 23.0 Å². The summed E-state index contributed by atoms with van der Waals surface area (Å²) in [6.45, 7) is 6.52. The van der Waals surface area contributed by atoms with Crippen molar-refractivity contribution in [3.63, 3.8) is 0 Å². The average molecular weight is 455 g/mol. The molecule has 0 atom stereocenters. The van der Waals surface area contributed by atoms with Gasteiger partial charge in [0.1, 0.15) is 23.6 Å². The van der Waals surface area contributed by atoms with Gasteiger partial charge >= 0.3 is 0 Å². The zero-order valence-corrected chi connectivity index (χ0v) is 19.3. The summed E-state index contributed by atoms with van der Waals surface area (Å²) in [6.07, 6.45) is 1.57. The first-order valence-corrected chi connectivity index (χ1v) is 11.3. The lowest BCUT2D eigenvalue weighted by molar-refractivity contribution is 0.0744. The normalized spacial score (nSPS) is 13.7. The van der Waals surface area contributed by atoms with E-state index in [-0.39, 0.29) is 5.91 Å². The second-order valence-corrected chi connectivity index (χ2v) is 8.26. The van der Waals surface area contributed by atoms with Crippen LogP contribution in [0.25, 0.3) is 5.82 Å². The zero-order chi connectivity index (χ0) is 23.5. The van der Waals surface area contributed by atoms with Crippen molar-refractivity contribution in [2.75, 3.05) is 31.1 Å². The molecule has 1 aliphatic heterocycles. The van der Waals surface area contributed by atoms with Gasteiger partial charge in [-0.25, -0.2) is 14.6 Å². The monoisotopic (exact) mass is 454 g/mol. The van der Waals surface area contributed by atoms with Crippen molar-refractivity contribution in [1.29, 1.82) is 0 Å². The van der Waals surface area contributed by atoms with Crippen molar-refractivity contribution in [3.05, 3.63) is 90.0 Å². The van der Waals surface area contributed by atoms with Crippen LogP contribution >= 0.6 is 0 Å². The molecule has 1 amide bonds. The maximum Gasteiger partial charge on any atom is 0.257 e. The molecule has 0 saturated carbocycles. The Balaban J connectivity index is 1.28. The van der Waals surface area contributed by atoms with E-state index in [2.05, 4.69) is 20.0 Å². The molecule has 4 aromatic rings. The standard InChI is InChI=1S/C26H26N6O2/c1-19-16-20(2)32(29-19)25-17-24(27-18-28-25)30-12-14-31(15-13-30)26(33)22-10-6-7-11-23(22)34-21-8-4-3-5-9-21/h3-11,16-18H,12-15H2,1-2H3. The maximum atomic E-state index is 13.3. The molecular formula is C26H26N6O2. The van der Waals surface area contributed by atoms with Crippen molar-refractivity contribution in [2.24, 2.45) is 0 Å². The van der Waals surface area contributed by atoms with Gasteiger partial charge in [-0.05, 0) is 44.2 Å². The topological polar surface area (TPSA) is 76.4 Å². The highest BCUT2D eigenvalue weighted by molar-refractivity contribution is 5.97. The van der Waals surface area contributed by atoms with Crippen LogP contribution in [0.5, 0.6) is 11.5 Å². The molecule has 3 heterocycles. The van der Waals surface area contributed by atoms with E-state index in [9.17, 15) is 4.79 Å². The van der Waals surface area contributed by atoms with Crippen LogP contribution in [0, 0.1) is 13.8 Å². The number of carbonyl (C=O) groups excluding carboxylic acids is 1. The summed E-state index contributed by atoms with van der Waals surface area (Å²) in [4.78, 5) is 26.2. The predicted octanol–water partition coefficient (Wildman–Crippen LogP) is 4.03. The summed E-state index contributed by atoms with van der Waals surface area (Å²) in [7, 11) is 0. The van der Waals surface area contributed by atoms with Crippen LogP contribution in [0.15, 0.2) is 73.1 Å². The Labute approximate surface area is 198 Å². The molecule has 5 rings (SSSR count). The molecule has 2 aromatic carbocycles. The van der Waals surface area contributed by atoms with Crippen molar-refractivity contribution in [2.45, 2.75) is 13.8 Å². The molecule has 1 saturated heterocycles. The number of rotatable bonds is 5. The van der Waals surface area contributed by atoms with E-state index in [1.807, 2.05) is 90.2 Å². The Morgan fingerprint density at radius 3 is 2.29 bits per heavy atom. The van der Waals surface area contributed by atoms with Gasteiger partial charge < -0.3 is 14.5 Å². The molecule has 0 unspecified atom stereocenters. The molecule has 172 valence electrons. The van der Waals surface area contributed by atoms with Gasteiger partial charge in [0.25, 0.3) is 5.91 Å². The molecule has 0 radical (unpaired) electrons. The summed E-state index contributed by atoms with van der Waals surface area (Å²) in [5, 5.41) is 4.52. The number of hydrogen-bond acceptors (Lipinski definition) is 6. The molecule has 0 spiro atoms. The largest absolute Gasteiger partial charge is 0.457 e. The Bertz CT molecular complexity index is 1300. The minimum atomic E-state index is -0.0304. The van der Waals surface area contributed by atoms with Crippen molar-refractivity contribution >= 4 is 11.7 Å². The molecule has 0 aliphatic carbocycles. The van der Waals surface area contributed by atoms with Gasteiger partial charge in [0.05, 0.1) is 11.3 Å². The van der Waals surface area contributed by atoms with Crippen LogP contribution in [-0.4, -0.2) is 56.7 Å². The minimum Gasteiger partial charge on any atom is -0.457 e. The highest BCUT2D eigenvalue weighted by Crippen LogP contribution is 2.27. The number of anilines is 1. The molecule has 34 heavy (non-hydrogen) atoms. The molecule has 8 heteroatoms. The first-order chi connectivity index (χ1) is 16.6. The van der Waals surface area contributed by atoms with Crippen LogP contribution in [0.1, 0.15) is 21.7 Å². The van der Waals surface area contributed by atoms with E-state index in [1.54, 1.807) is 6.33 Å². The first kappa shape index (κ1) is 21.6. The quantitative estimate of drug-likeness (QED) is 0.453. The molecule has 0 bridgehead atoms. The summed E-state index contributed by atoms with van der Waals surface area (Å²) in [5.41, 5.74) is 2.53. The number of benzene rings is 2. The zero-order valence-electron chi connectivity index (χ0n) is 19.3. The SMILES string of the molecule is Cc1cc(C)n(-c2cc(N3CCN(C(=O)c4ccccc4Oc4ccccc4)CC3)ncn2)n1. The molecular weight excluding hydrogens is 428 g/mol. The van der Waals surface area contributed by atoms with E-state index < -0.39 is 0 Å². The van der Waals surface area contributed by atoms with E-state index >= 15 is 0 Å². The second kappa shape index (κ2) is 9.35. The maximum absolute atomic E-state index is 13.3. The number of nitrogens with zero attached hydrogens (tertiary/aromatic N) is 6. The number of piperazine rings is 1. The summed E-state index contributed by atoms with van der Waals surface area (Å²) < 4.78 is 7.82. The highest BCUT2D eigenvalue weighted by atomic mass is 16.5. The minimum absolute atomic E-state index is 0.0304. The van der Waals surface area contributed by atoms with Gasteiger partial charge in [-0.1, -0.05) is 30.3 Å². The Hall–Kier alpha value is -4.20. The number of carbonyl (C=O) groups is 1. The summed E-state index contributed by atoms with van der Waals surface area (Å²) >= 11 is 0. The van der Waals surface area contributed by atoms with Crippen LogP contribution in [-0.2, 0) is 0 Å². The fourth-order valence-electron chi connectivity index (χ4n) is 4.14. The van der Waals surface area contributed by atoms with E-state index in [4.69, 9.17) is 4.74 Å². The summed E-state index contributed by atoms with van der Waals surface area (Å²) in [6, 6.07) is 20.9. The molecule has 8 nitrogen and oxygen atoms in total. The van der Waals surface area contributed by atoms with Crippen LogP contribution < -0.4 is 9.64 Å². The number of hydrogen-bond donors (Lipinski definition) is 0. The average Bonchev–Trinajstić information content (AvgIpc) is 3.22. The number of aromatic nitrogens is 4. The second-order valence-electron chi connectivity index (χ2n) is 8.26. The number of ether oxygens (including phenoxy) is 1. The lowest BCUT2D eigenvalue weighted by atomic mass is 10.1. The van der Waals surface area contributed by atoms with Crippen LogP contribution in [0.4, 0.5) is 5.82 Å². The smallest absolute Gasteiger partial charge is 0.257 e. The van der Waals surface area contributed by atoms with Gasteiger partial charge in [-0.2, -0.15) is 5.10 Å². The van der Waals surface area contributed by atoms with Crippen LogP contribution in [0.3, 0.4) is 0 Å². The highest BCUT2D eigenvalue weighted by Gasteiger charge is 2.25. The fraction of sp³-hybridized carbons (Fsp3) is 0.231. The Morgan fingerprint density at radius 2 is 1.56 bits per heavy atom.